The molecule has 1 aromatic heterocycles. The Morgan fingerprint density at radius 1 is 1.22 bits per heavy atom. The predicted molar refractivity (Wildman–Crippen MR) is 72.9 cm³/mol. The number of hydrogen-bond acceptors (Lipinski definition) is 3. The van der Waals surface area contributed by atoms with Crippen LogP contribution in [0, 0.1) is 0 Å². The third kappa shape index (κ3) is 3.00. The van der Waals surface area contributed by atoms with Crippen LogP contribution in [0.15, 0.2) is 18.3 Å². The number of nitrogens with zero attached hydrogens (tertiary/aromatic N) is 3. The number of hydrogen-bond donors (Lipinski definition) is 0. The molecule has 0 aliphatic carbocycles. The van der Waals surface area contributed by atoms with Crippen LogP contribution in [0.2, 0.25) is 0 Å². The van der Waals surface area contributed by atoms with Gasteiger partial charge in [-0.2, -0.15) is 0 Å². The molecule has 1 fully saturated rings. The first-order valence-electron chi connectivity index (χ1n) is 6.61. The van der Waals surface area contributed by atoms with Gasteiger partial charge < -0.3 is 9.80 Å². The van der Waals surface area contributed by atoms with Crippen molar-refractivity contribution in [2.75, 3.05) is 32.1 Å². The Bertz CT molecular complexity index is 409. The zero-order valence-corrected chi connectivity index (χ0v) is 11.2. The maximum absolute atomic E-state index is 12.4. The zero-order chi connectivity index (χ0) is 13.0. The largest absolute Gasteiger partial charge is 0.363 e. The summed E-state index contributed by atoms with van der Waals surface area (Å²) >= 11 is 0. The van der Waals surface area contributed by atoms with E-state index in [-0.39, 0.29) is 5.91 Å². The number of amides is 1. The number of anilines is 1. The maximum Gasteiger partial charge on any atom is 0.254 e. The summed E-state index contributed by atoms with van der Waals surface area (Å²) in [4.78, 5) is 20.5. The van der Waals surface area contributed by atoms with Gasteiger partial charge in [-0.15, -0.1) is 0 Å². The summed E-state index contributed by atoms with van der Waals surface area (Å²) in [6, 6.07) is 3.67. The van der Waals surface area contributed by atoms with E-state index in [0.717, 1.165) is 37.3 Å². The van der Waals surface area contributed by atoms with E-state index in [0.29, 0.717) is 0 Å². The van der Waals surface area contributed by atoms with Crippen molar-refractivity contribution in [3.05, 3.63) is 23.9 Å². The van der Waals surface area contributed by atoms with Crippen LogP contribution in [0.5, 0.6) is 0 Å². The van der Waals surface area contributed by atoms with Crippen molar-refractivity contribution in [2.24, 2.45) is 0 Å². The van der Waals surface area contributed by atoms with Crippen LogP contribution in [-0.2, 0) is 0 Å². The van der Waals surface area contributed by atoms with Crippen LogP contribution < -0.4 is 4.90 Å². The molecule has 18 heavy (non-hydrogen) atoms. The van der Waals surface area contributed by atoms with E-state index in [1.807, 2.05) is 30.0 Å². The highest BCUT2D eigenvalue weighted by Gasteiger charge is 2.17. The quantitative estimate of drug-likeness (QED) is 0.803. The van der Waals surface area contributed by atoms with Crippen molar-refractivity contribution in [1.29, 1.82) is 0 Å². The summed E-state index contributed by atoms with van der Waals surface area (Å²) < 4.78 is 0. The maximum atomic E-state index is 12.4. The molecule has 4 nitrogen and oxygen atoms in total. The first kappa shape index (κ1) is 12.9. The molecule has 1 aliphatic heterocycles. The van der Waals surface area contributed by atoms with Gasteiger partial charge in [-0.25, -0.2) is 4.98 Å². The Hall–Kier alpha value is -1.58. The van der Waals surface area contributed by atoms with Crippen LogP contribution >= 0.6 is 0 Å². The minimum atomic E-state index is 0.141. The molecule has 1 aromatic rings. The van der Waals surface area contributed by atoms with E-state index < -0.39 is 0 Å². The van der Waals surface area contributed by atoms with Crippen molar-refractivity contribution >= 4 is 11.7 Å². The molecule has 0 bridgehead atoms. The molecule has 1 saturated heterocycles. The molecule has 0 unspecified atom stereocenters. The van der Waals surface area contributed by atoms with E-state index in [1.54, 1.807) is 12.3 Å². The highest BCUT2D eigenvalue weighted by molar-refractivity contribution is 5.94. The summed E-state index contributed by atoms with van der Waals surface area (Å²) in [6.07, 6.45) is 6.43. The van der Waals surface area contributed by atoms with Gasteiger partial charge in [0.25, 0.3) is 5.91 Å². The second-order valence-electron chi connectivity index (χ2n) is 5.00. The Morgan fingerprint density at radius 2 is 1.89 bits per heavy atom. The van der Waals surface area contributed by atoms with E-state index in [9.17, 15) is 4.79 Å². The third-order valence-corrected chi connectivity index (χ3v) is 3.34. The molecule has 4 heteroatoms. The third-order valence-electron chi connectivity index (χ3n) is 3.34. The summed E-state index contributed by atoms with van der Waals surface area (Å²) in [5, 5.41) is 0. The average Bonchev–Trinajstić information content (AvgIpc) is 2.67. The predicted octanol–water partition coefficient (Wildman–Crippen LogP) is 2.16. The van der Waals surface area contributed by atoms with E-state index in [4.69, 9.17) is 0 Å². The van der Waals surface area contributed by atoms with Crippen molar-refractivity contribution < 1.29 is 4.79 Å². The lowest BCUT2D eigenvalue weighted by Gasteiger charge is -2.21. The molecule has 0 N–H and O–H groups in total. The van der Waals surface area contributed by atoms with E-state index >= 15 is 0 Å². The number of pyridine rings is 1. The van der Waals surface area contributed by atoms with Gasteiger partial charge >= 0.3 is 0 Å². The fourth-order valence-corrected chi connectivity index (χ4v) is 2.25. The van der Waals surface area contributed by atoms with E-state index in [1.165, 1.54) is 12.8 Å². The number of carbonyl (C=O) groups is 1. The van der Waals surface area contributed by atoms with Gasteiger partial charge in [0, 0.05) is 38.9 Å². The Balaban J connectivity index is 2.14. The SMILES string of the molecule is CN(C)c1cc(C(=O)N2CCCCCC2)ccn1. The first-order chi connectivity index (χ1) is 8.68. The van der Waals surface area contributed by atoms with Gasteiger partial charge in [-0.05, 0) is 25.0 Å². The van der Waals surface area contributed by atoms with Gasteiger partial charge in [-0.3, -0.25) is 4.79 Å². The second kappa shape index (κ2) is 5.85. The number of rotatable bonds is 2. The smallest absolute Gasteiger partial charge is 0.254 e. The standard InChI is InChI=1S/C14H21N3O/c1-16(2)13-11-12(7-8-15-13)14(18)17-9-5-3-4-6-10-17/h7-8,11H,3-6,9-10H2,1-2H3. The summed E-state index contributed by atoms with van der Waals surface area (Å²) in [7, 11) is 3.87. The Morgan fingerprint density at radius 3 is 2.50 bits per heavy atom. The first-order valence-corrected chi connectivity index (χ1v) is 6.61. The van der Waals surface area contributed by atoms with Gasteiger partial charge in [-0.1, -0.05) is 12.8 Å². The van der Waals surface area contributed by atoms with Gasteiger partial charge in [0.2, 0.25) is 0 Å². The normalized spacial score (nSPS) is 16.2. The van der Waals surface area contributed by atoms with Crippen LogP contribution in [0.25, 0.3) is 0 Å². The molecule has 0 atom stereocenters. The Kier molecular flexibility index (Phi) is 4.18. The second-order valence-corrected chi connectivity index (χ2v) is 5.00. The molecule has 0 saturated carbocycles. The van der Waals surface area contributed by atoms with Crippen LogP contribution in [0.4, 0.5) is 5.82 Å². The zero-order valence-electron chi connectivity index (χ0n) is 11.2. The lowest BCUT2D eigenvalue weighted by Crippen LogP contribution is -2.32. The van der Waals surface area contributed by atoms with Gasteiger partial charge in [0.15, 0.2) is 0 Å². The molecule has 0 radical (unpaired) electrons. The van der Waals surface area contributed by atoms with Crippen molar-refractivity contribution in [3.63, 3.8) is 0 Å². The van der Waals surface area contributed by atoms with Crippen LogP contribution in [0.3, 0.4) is 0 Å². The van der Waals surface area contributed by atoms with E-state index in [2.05, 4.69) is 4.98 Å². The Labute approximate surface area is 109 Å². The lowest BCUT2D eigenvalue weighted by atomic mass is 10.2. The number of aromatic nitrogens is 1. The topological polar surface area (TPSA) is 36.4 Å². The van der Waals surface area contributed by atoms with Crippen molar-refractivity contribution in [3.8, 4) is 0 Å². The minimum Gasteiger partial charge on any atom is -0.363 e. The minimum absolute atomic E-state index is 0.141. The van der Waals surface area contributed by atoms with Gasteiger partial charge in [0.05, 0.1) is 0 Å². The molecule has 2 heterocycles. The molecule has 2 rings (SSSR count). The molecule has 0 spiro atoms. The molecule has 1 amide bonds. The van der Waals surface area contributed by atoms with Gasteiger partial charge in [0.1, 0.15) is 5.82 Å². The highest BCUT2D eigenvalue weighted by Crippen LogP contribution is 2.15. The molecule has 98 valence electrons. The average molecular weight is 247 g/mol. The van der Waals surface area contributed by atoms with Crippen molar-refractivity contribution in [1.82, 2.24) is 9.88 Å². The fraction of sp³-hybridized carbons (Fsp3) is 0.571. The summed E-state index contributed by atoms with van der Waals surface area (Å²) in [6.45, 7) is 1.77. The van der Waals surface area contributed by atoms with Crippen LogP contribution in [0.1, 0.15) is 36.0 Å². The molecule has 1 aliphatic rings. The highest BCUT2D eigenvalue weighted by atomic mass is 16.2. The fourth-order valence-electron chi connectivity index (χ4n) is 2.25. The molecular weight excluding hydrogens is 226 g/mol. The number of likely N-dealkylation sites (tertiary alicyclic amines) is 1. The molecule has 0 aromatic carbocycles. The lowest BCUT2D eigenvalue weighted by molar-refractivity contribution is 0.0761. The van der Waals surface area contributed by atoms with Crippen molar-refractivity contribution in [2.45, 2.75) is 25.7 Å². The monoisotopic (exact) mass is 247 g/mol. The number of carbonyl (C=O) groups excluding carboxylic acids is 1. The molecular formula is C14H21N3O. The summed E-state index contributed by atoms with van der Waals surface area (Å²) in [5.74, 6) is 0.970. The summed E-state index contributed by atoms with van der Waals surface area (Å²) in [5.41, 5.74) is 0.746. The van der Waals surface area contributed by atoms with Crippen LogP contribution in [-0.4, -0.2) is 43.0 Å².